The summed E-state index contributed by atoms with van der Waals surface area (Å²) >= 11 is 5.11. The number of thiophene rings is 1. The van der Waals surface area contributed by atoms with Crippen molar-refractivity contribution in [2.75, 3.05) is 13.7 Å². The second-order valence-corrected chi connectivity index (χ2v) is 5.23. The van der Waals surface area contributed by atoms with Crippen LogP contribution in [-0.2, 0) is 11.2 Å². The predicted molar refractivity (Wildman–Crippen MR) is 62.8 cm³/mol. The van der Waals surface area contributed by atoms with Gasteiger partial charge < -0.3 is 9.84 Å². The van der Waals surface area contributed by atoms with Gasteiger partial charge >= 0.3 is 0 Å². The molecule has 80 valence electrons. The number of hydrogen-bond donors (Lipinski definition) is 1. The van der Waals surface area contributed by atoms with Gasteiger partial charge in [-0.25, -0.2) is 0 Å². The highest BCUT2D eigenvalue weighted by molar-refractivity contribution is 9.10. The summed E-state index contributed by atoms with van der Waals surface area (Å²) in [5.74, 6) is 0. The van der Waals surface area contributed by atoms with Crippen LogP contribution in [0.15, 0.2) is 15.9 Å². The highest BCUT2D eigenvalue weighted by Crippen LogP contribution is 2.28. The number of methoxy groups -OCH3 is 1. The lowest BCUT2D eigenvalue weighted by Crippen LogP contribution is -2.35. The zero-order chi connectivity index (χ0) is 10.6. The fourth-order valence-corrected chi connectivity index (χ4v) is 2.93. The van der Waals surface area contributed by atoms with E-state index < -0.39 is 5.60 Å². The molecule has 0 amide bonds. The number of ether oxygens (including phenoxy) is 1. The number of halogens is 1. The monoisotopic (exact) mass is 278 g/mol. The van der Waals surface area contributed by atoms with E-state index in [1.54, 1.807) is 18.4 Å². The first-order chi connectivity index (χ1) is 6.61. The molecule has 1 unspecified atom stereocenters. The molecule has 0 fully saturated rings. The van der Waals surface area contributed by atoms with Gasteiger partial charge in [0.05, 0.1) is 12.2 Å². The molecule has 1 N–H and O–H groups in total. The van der Waals surface area contributed by atoms with Crippen molar-refractivity contribution in [3.8, 4) is 0 Å². The quantitative estimate of drug-likeness (QED) is 0.898. The van der Waals surface area contributed by atoms with Crippen LogP contribution < -0.4 is 0 Å². The SMILES string of the molecule is CCC(O)(COC)Cc1sccc1Br. The smallest absolute Gasteiger partial charge is 0.0925 e. The van der Waals surface area contributed by atoms with Gasteiger partial charge in [0.2, 0.25) is 0 Å². The van der Waals surface area contributed by atoms with E-state index in [4.69, 9.17) is 4.74 Å². The highest BCUT2D eigenvalue weighted by Gasteiger charge is 2.26. The maximum absolute atomic E-state index is 10.2. The van der Waals surface area contributed by atoms with Crippen LogP contribution in [0.3, 0.4) is 0 Å². The van der Waals surface area contributed by atoms with Crippen LogP contribution in [-0.4, -0.2) is 24.4 Å². The lowest BCUT2D eigenvalue weighted by atomic mass is 9.97. The average Bonchev–Trinajstić information content (AvgIpc) is 2.52. The molecule has 1 atom stereocenters. The molecule has 1 rings (SSSR count). The van der Waals surface area contributed by atoms with E-state index in [-0.39, 0.29) is 0 Å². The van der Waals surface area contributed by atoms with Crippen LogP contribution in [0.25, 0.3) is 0 Å². The summed E-state index contributed by atoms with van der Waals surface area (Å²) in [5, 5.41) is 12.2. The largest absolute Gasteiger partial charge is 0.387 e. The molecule has 0 aliphatic rings. The van der Waals surface area contributed by atoms with Crippen LogP contribution >= 0.6 is 27.3 Å². The molecule has 4 heteroatoms. The Labute approximate surface area is 97.0 Å². The first-order valence-electron chi connectivity index (χ1n) is 4.54. The molecule has 1 aromatic rings. The minimum absolute atomic E-state index is 0.383. The third-order valence-corrected chi connectivity index (χ3v) is 4.18. The van der Waals surface area contributed by atoms with Gasteiger partial charge in [-0.1, -0.05) is 6.92 Å². The van der Waals surface area contributed by atoms with Crippen LogP contribution in [0.5, 0.6) is 0 Å². The molecule has 0 aliphatic heterocycles. The van der Waals surface area contributed by atoms with E-state index in [1.807, 2.05) is 18.4 Å². The van der Waals surface area contributed by atoms with Gasteiger partial charge in [0.15, 0.2) is 0 Å². The van der Waals surface area contributed by atoms with E-state index in [2.05, 4.69) is 15.9 Å². The van der Waals surface area contributed by atoms with Crippen LogP contribution in [0.1, 0.15) is 18.2 Å². The minimum Gasteiger partial charge on any atom is -0.387 e. The van der Waals surface area contributed by atoms with Crippen molar-refractivity contribution in [3.63, 3.8) is 0 Å². The van der Waals surface area contributed by atoms with Crippen molar-refractivity contribution < 1.29 is 9.84 Å². The minimum atomic E-state index is -0.734. The first kappa shape index (κ1) is 12.2. The summed E-state index contributed by atoms with van der Waals surface area (Å²) in [6.45, 7) is 2.36. The molecule has 0 bridgehead atoms. The Morgan fingerprint density at radius 1 is 1.64 bits per heavy atom. The Bertz CT molecular complexity index is 287. The summed E-state index contributed by atoms with van der Waals surface area (Å²) < 4.78 is 6.10. The molecular weight excluding hydrogens is 264 g/mol. The fraction of sp³-hybridized carbons (Fsp3) is 0.600. The lowest BCUT2D eigenvalue weighted by Gasteiger charge is -2.25. The molecule has 0 saturated carbocycles. The normalized spacial score (nSPS) is 15.4. The van der Waals surface area contributed by atoms with Crippen LogP contribution in [0.2, 0.25) is 0 Å². The van der Waals surface area contributed by atoms with E-state index in [1.165, 1.54) is 4.88 Å². The van der Waals surface area contributed by atoms with Gasteiger partial charge in [-0.3, -0.25) is 0 Å². The zero-order valence-electron chi connectivity index (χ0n) is 8.42. The first-order valence-corrected chi connectivity index (χ1v) is 6.22. The van der Waals surface area contributed by atoms with Crippen LogP contribution in [0.4, 0.5) is 0 Å². The summed E-state index contributed by atoms with van der Waals surface area (Å²) in [4.78, 5) is 1.17. The second-order valence-electron chi connectivity index (χ2n) is 3.38. The van der Waals surface area contributed by atoms with E-state index >= 15 is 0 Å². The van der Waals surface area contributed by atoms with Gasteiger partial charge in [-0.05, 0) is 33.8 Å². The number of aliphatic hydroxyl groups is 1. The van der Waals surface area contributed by atoms with Crippen molar-refractivity contribution in [1.29, 1.82) is 0 Å². The van der Waals surface area contributed by atoms with E-state index in [0.29, 0.717) is 19.4 Å². The Balaban J connectivity index is 2.69. The van der Waals surface area contributed by atoms with Gasteiger partial charge in [0.25, 0.3) is 0 Å². The molecule has 0 saturated heterocycles. The molecule has 0 aromatic carbocycles. The zero-order valence-corrected chi connectivity index (χ0v) is 10.8. The molecule has 0 spiro atoms. The molecule has 1 aromatic heterocycles. The van der Waals surface area contributed by atoms with Crippen molar-refractivity contribution in [2.45, 2.75) is 25.4 Å². The molecule has 1 heterocycles. The topological polar surface area (TPSA) is 29.5 Å². The van der Waals surface area contributed by atoms with E-state index in [0.717, 1.165) is 4.47 Å². The van der Waals surface area contributed by atoms with Gasteiger partial charge in [0, 0.05) is 22.9 Å². The van der Waals surface area contributed by atoms with Gasteiger partial charge in [0.1, 0.15) is 0 Å². The van der Waals surface area contributed by atoms with Crippen molar-refractivity contribution in [1.82, 2.24) is 0 Å². The van der Waals surface area contributed by atoms with Crippen LogP contribution in [0, 0.1) is 0 Å². The third-order valence-electron chi connectivity index (χ3n) is 2.25. The maximum atomic E-state index is 10.2. The summed E-state index contributed by atoms with van der Waals surface area (Å²) in [6.07, 6.45) is 1.35. The third kappa shape index (κ3) is 3.05. The summed E-state index contributed by atoms with van der Waals surface area (Å²) in [6, 6.07) is 2.00. The number of rotatable bonds is 5. The van der Waals surface area contributed by atoms with Crippen molar-refractivity contribution in [2.24, 2.45) is 0 Å². The van der Waals surface area contributed by atoms with Gasteiger partial charge in [-0.2, -0.15) is 0 Å². The number of hydrogen-bond acceptors (Lipinski definition) is 3. The molecule has 0 radical (unpaired) electrons. The van der Waals surface area contributed by atoms with E-state index in [9.17, 15) is 5.11 Å². The highest BCUT2D eigenvalue weighted by atomic mass is 79.9. The van der Waals surface area contributed by atoms with Gasteiger partial charge in [-0.15, -0.1) is 11.3 Å². The molecular formula is C10H15BrO2S. The summed E-state index contributed by atoms with van der Waals surface area (Å²) in [7, 11) is 1.62. The lowest BCUT2D eigenvalue weighted by molar-refractivity contribution is -0.0328. The standard InChI is InChI=1S/C10H15BrO2S/c1-3-10(12,7-13-2)6-9-8(11)4-5-14-9/h4-5,12H,3,6-7H2,1-2H3. The molecule has 2 nitrogen and oxygen atoms in total. The fourth-order valence-electron chi connectivity index (χ4n) is 1.30. The second kappa shape index (κ2) is 5.26. The summed E-state index contributed by atoms with van der Waals surface area (Å²) in [5.41, 5.74) is -0.734. The maximum Gasteiger partial charge on any atom is 0.0925 e. The van der Waals surface area contributed by atoms with Crippen molar-refractivity contribution >= 4 is 27.3 Å². The molecule has 0 aliphatic carbocycles. The Morgan fingerprint density at radius 2 is 2.36 bits per heavy atom. The Kier molecular flexibility index (Phi) is 4.57. The predicted octanol–water partition coefficient (Wildman–Crippen LogP) is 2.84. The van der Waals surface area contributed by atoms with Crippen molar-refractivity contribution in [3.05, 3.63) is 20.8 Å². The average molecular weight is 279 g/mol. The Hall–Kier alpha value is 0.100. The Morgan fingerprint density at radius 3 is 2.79 bits per heavy atom. The molecule has 14 heavy (non-hydrogen) atoms.